The number of hydrogen-bond acceptors (Lipinski definition) is 4. The fourth-order valence-electron chi connectivity index (χ4n) is 2.96. The molecule has 172 valence electrons. The van der Waals surface area contributed by atoms with Crippen molar-refractivity contribution >= 4 is 12.0 Å². The van der Waals surface area contributed by atoms with Gasteiger partial charge in [0, 0.05) is 6.54 Å². The smallest absolute Gasteiger partial charge is 0.261 e. The summed E-state index contributed by atoms with van der Waals surface area (Å²) in [6.45, 7) is 6.59. The normalized spacial score (nSPS) is 10.9. The maximum Gasteiger partial charge on any atom is 0.261 e. The molecule has 0 aromatic heterocycles. The van der Waals surface area contributed by atoms with Gasteiger partial charge in [0.2, 0.25) is 6.93 Å². The molecule has 1 amide bonds. The molecule has 0 aliphatic rings. The maximum atomic E-state index is 12.7. The minimum absolute atomic E-state index is 0.147. The minimum Gasteiger partial charge on any atom is -0.497 e. The van der Waals surface area contributed by atoms with Crippen LogP contribution in [0.25, 0.3) is 6.08 Å². The van der Waals surface area contributed by atoms with Gasteiger partial charge in [-0.3, -0.25) is 4.79 Å². The number of rotatable bonds is 10. The van der Waals surface area contributed by atoms with Gasteiger partial charge >= 0.3 is 0 Å². The van der Waals surface area contributed by atoms with E-state index >= 15 is 0 Å². The van der Waals surface area contributed by atoms with E-state index in [1.165, 1.54) is 0 Å². The van der Waals surface area contributed by atoms with Crippen molar-refractivity contribution in [3.8, 4) is 17.6 Å². The van der Waals surface area contributed by atoms with Crippen LogP contribution in [-0.2, 0) is 11.2 Å². The van der Waals surface area contributed by atoms with E-state index in [4.69, 9.17) is 14.7 Å². The highest BCUT2D eigenvalue weighted by Crippen LogP contribution is 2.21. The Kier molecular flexibility index (Phi) is 12.1. The monoisotopic (exact) mass is 444 g/mol. The van der Waals surface area contributed by atoms with Gasteiger partial charge < -0.3 is 14.8 Å². The summed E-state index contributed by atoms with van der Waals surface area (Å²) in [6, 6.07) is 15.0. The van der Waals surface area contributed by atoms with Crippen LogP contribution in [0.2, 0.25) is 0 Å². The summed E-state index contributed by atoms with van der Waals surface area (Å²) in [5, 5.41) is 12.1. The number of nitrogens with zero attached hydrogens (tertiary/aromatic N) is 1. The molecular weight excluding hydrogens is 414 g/mol. The summed E-state index contributed by atoms with van der Waals surface area (Å²) in [4.78, 5) is 12.7. The van der Waals surface area contributed by atoms with Crippen LogP contribution in [0.15, 0.2) is 49.0 Å². The fourth-order valence-corrected chi connectivity index (χ4v) is 2.96. The molecule has 0 bridgehead atoms. The summed E-state index contributed by atoms with van der Waals surface area (Å²) in [5.41, 5.74) is 2.30. The molecule has 0 saturated heterocycles. The van der Waals surface area contributed by atoms with Gasteiger partial charge in [-0.25, -0.2) is 8.78 Å². The summed E-state index contributed by atoms with van der Waals surface area (Å²) in [6.07, 6.45) is 2.30. The van der Waals surface area contributed by atoms with E-state index in [1.54, 1.807) is 31.4 Å². The first kappa shape index (κ1) is 26.6. The van der Waals surface area contributed by atoms with Crippen LogP contribution in [0.5, 0.6) is 11.5 Å². The summed E-state index contributed by atoms with van der Waals surface area (Å²) in [5.74, 6) is 1.49. The van der Waals surface area contributed by atoms with Crippen LogP contribution in [-0.4, -0.2) is 32.6 Å². The minimum atomic E-state index is -1.75. The molecular formula is C25H30F2N2O3. The van der Waals surface area contributed by atoms with Gasteiger partial charge in [-0.1, -0.05) is 38.6 Å². The van der Waals surface area contributed by atoms with Crippen LogP contribution in [0.4, 0.5) is 8.78 Å². The second-order valence-electron chi connectivity index (χ2n) is 7.29. The molecule has 2 aromatic carbocycles. The zero-order valence-electron chi connectivity index (χ0n) is 18.7. The highest BCUT2D eigenvalue weighted by atomic mass is 19.3. The first-order valence-electron chi connectivity index (χ1n) is 10.2. The third-order valence-corrected chi connectivity index (χ3v) is 4.47. The number of nitrogens with one attached hydrogen (secondary N) is 1. The van der Waals surface area contributed by atoms with Crippen molar-refractivity contribution < 1.29 is 23.0 Å². The van der Waals surface area contributed by atoms with E-state index in [0.717, 1.165) is 11.3 Å². The van der Waals surface area contributed by atoms with Crippen molar-refractivity contribution in [3.63, 3.8) is 0 Å². The van der Waals surface area contributed by atoms with Crippen molar-refractivity contribution in [2.24, 2.45) is 5.92 Å². The van der Waals surface area contributed by atoms with Crippen molar-refractivity contribution in [1.82, 2.24) is 5.32 Å². The van der Waals surface area contributed by atoms with Gasteiger partial charge in [0.05, 0.1) is 18.7 Å². The van der Waals surface area contributed by atoms with Gasteiger partial charge in [-0.15, -0.1) is 0 Å². The van der Waals surface area contributed by atoms with Gasteiger partial charge in [0.15, 0.2) is 6.10 Å². The lowest BCUT2D eigenvalue weighted by molar-refractivity contribution is -0.128. The maximum absolute atomic E-state index is 12.7. The summed E-state index contributed by atoms with van der Waals surface area (Å²) >= 11 is 0. The van der Waals surface area contributed by atoms with Gasteiger partial charge in [0.25, 0.3) is 5.91 Å². The van der Waals surface area contributed by atoms with Crippen LogP contribution < -0.4 is 14.8 Å². The number of carbonyl (C=O) groups is 1. The lowest BCUT2D eigenvalue weighted by atomic mass is 10.0. The van der Waals surface area contributed by atoms with E-state index < -0.39 is 13.0 Å². The first-order chi connectivity index (χ1) is 15.4. The third-order valence-electron chi connectivity index (χ3n) is 4.47. The predicted molar refractivity (Wildman–Crippen MR) is 122 cm³/mol. The lowest BCUT2D eigenvalue weighted by Crippen LogP contribution is -2.40. The molecule has 0 heterocycles. The first-order valence-corrected chi connectivity index (χ1v) is 10.2. The number of methoxy groups -OCH3 is 1. The van der Waals surface area contributed by atoms with Crippen LogP contribution in [0.3, 0.4) is 0 Å². The van der Waals surface area contributed by atoms with Crippen molar-refractivity contribution in [2.45, 2.75) is 32.8 Å². The van der Waals surface area contributed by atoms with Crippen LogP contribution in [0, 0.1) is 17.2 Å². The highest BCUT2D eigenvalue weighted by Gasteiger charge is 2.22. The average Bonchev–Trinajstić information content (AvgIpc) is 2.78. The van der Waals surface area contributed by atoms with Crippen molar-refractivity contribution in [2.75, 3.05) is 20.6 Å². The molecule has 2 aromatic rings. The Morgan fingerprint density at radius 1 is 1.22 bits per heavy atom. The van der Waals surface area contributed by atoms with Crippen molar-refractivity contribution in [1.29, 1.82) is 5.26 Å². The molecule has 1 atom stereocenters. The number of amides is 1. The van der Waals surface area contributed by atoms with E-state index in [1.807, 2.05) is 38.1 Å². The number of carbonyl (C=O) groups excluding carboxylic acids is 1. The summed E-state index contributed by atoms with van der Waals surface area (Å²) < 4.78 is 30.5. The molecule has 0 radical (unpaired) electrons. The molecule has 0 saturated carbocycles. The SMILES string of the molecule is C=Cc1cc(OC(CC(C)C)C(=O)NCCc2cccc(OC)c2)ccc1C#N.FCF. The Morgan fingerprint density at radius 3 is 2.53 bits per heavy atom. The number of nitriles is 1. The van der Waals surface area contributed by atoms with Gasteiger partial charge in [0.1, 0.15) is 11.5 Å². The van der Waals surface area contributed by atoms with E-state index in [2.05, 4.69) is 18.0 Å². The number of benzene rings is 2. The largest absolute Gasteiger partial charge is 0.497 e. The molecule has 5 nitrogen and oxygen atoms in total. The topological polar surface area (TPSA) is 71.3 Å². The number of alkyl halides is 2. The fraction of sp³-hybridized carbons (Fsp3) is 0.360. The van der Waals surface area contributed by atoms with E-state index in [0.29, 0.717) is 42.2 Å². The molecule has 1 unspecified atom stereocenters. The Hall–Kier alpha value is -3.40. The standard InChI is InChI=1S/C24H28N2O3.CH2F2/c1-5-19-15-22(10-9-20(19)16-25)29-23(13-17(2)3)24(27)26-12-11-18-7-6-8-21(14-18)28-4;2-1-3/h5-10,14-15,17,23H,1,11-13H2,2-4H3,(H,26,27);1H2. The number of hydrogen-bond donors (Lipinski definition) is 1. The Morgan fingerprint density at radius 2 is 1.94 bits per heavy atom. The number of ether oxygens (including phenoxy) is 2. The van der Waals surface area contributed by atoms with Crippen LogP contribution >= 0.6 is 0 Å². The Labute approximate surface area is 188 Å². The molecule has 1 N–H and O–H groups in total. The van der Waals surface area contributed by atoms with Gasteiger partial charge in [-0.2, -0.15) is 5.26 Å². The summed E-state index contributed by atoms with van der Waals surface area (Å²) in [7, 11) is 1.63. The zero-order valence-corrected chi connectivity index (χ0v) is 18.7. The van der Waals surface area contributed by atoms with Crippen LogP contribution in [0.1, 0.15) is 37.0 Å². The highest BCUT2D eigenvalue weighted by molar-refractivity contribution is 5.81. The average molecular weight is 445 g/mol. The quantitative estimate of drug-likeness (QED) is 0.544. The molecule has 0 aliphatic heterocycles. The lowest BCUT2D eigenvalue weighted by Gasteiger charge is -2.21. The van der Waals surface area contributed by atoms with Gasteiger partial charge in [-0.05, 0) is 60.2 Å². The Balaban J connectivity index is 0.00000161. The molecule has 0 spiro atoms. The zero-order chi connectivity index (χ0) is 23.9. The molecule has 7 heteroatoms. The molecule has 2 rings (SSSR count). The second-order valence-corrected chi connectivity index (χ2v) is 7.29. The number of halogens is 2. The molecule has 32 heavy (non-hydrogen) atoms. The molecule has 0 fully saturated rings. The second kappa shape index (κ2) is 14.6. The van der Waals surface area contributed by atoms with Crippen molar-refractivity contribution in [3.05, 3.63) is 65.7 Å². The predicted octanol–water partition coefficient (Wildman–Crippen LogP) is 5.25. The third kappa shape index (κ3) is 9.17. The van der Waals surface area contributed by atoms with E-state index in [-0.39, 0.29) is 5.91 Å². The Bertz CT molecular complexity index is 910. The van der Waals surface area contributed by atoms with E-state index in [9.17, 15) is 13.6 Å². The molecule has 0 aliphatic carbocycles.